The highest BCUT2D eigenvalue weighted by atomic mass is 16.2. The molecule has 0 aromatic carbocycles. The molecule has 0 bridgehead atoms. The van der Waals surface area contributed by atoms with E-state index in [2.05, 4.69) is 23.8 Å². The molecule has 0 spiro atoms. The lowest BCUT2D eigenvalue weighted by molar-refractivity contribution is 0.0749. The van der Waals surface area contributed by atoms with Crippen LogP contribution in [0.1, 0.15) is 42.2 Å². The Hall–Kier alpha value is -1.25. The third kappa shape index (κ3) is 1.78. The first-order chi connectivity index (χ1) is 8.13. The number of nitrogens with zero attached hydrogens (tertiary/aromatic N) is 2. The highest BCUT2D eigenvalue weighted by Crippen LogP contribution is 2.51. The van der Waals surface area contributed by atoms with E-state index in [-0.39, 0.29) is 5.91 Å². The normalized spacial score (nSPS) is 21.5. The molecule has 1 fully saturated rings. The predicted octanol–water partition coefficient (Wildman–Crippen LogP) is 2.31. The molecule has 0 unspecified atom stereocenters. The highest BCUT2D eigenvalue weighted by Gasteiger charge is 2.40. The molecular formula is C14H20N2O. The van der Waals surface area contributed by atoms with Gasteiger partial charge in [0, 0.05) is 26.3 Å². The second-order valence-electron chi connectivity index (χ2n) is 5.68. The van der Waals surface area contributed by atoms with Crippen LogP contribution in [0.5, 0.6) is 0 Å². The first kappa shape index (κ1) is 10.9. The Labute approximate surface area is 102 Å². The zero-order valence-electron chi connectivity index (χ0n) is 10.7. The summed E-state index contributed by atoms with van der Waals surface area (Å²) in [7, 11) is 1.88. The van der Waals surface area contributed by atoms with Crippen LogP contribution in [-0.2, 0) is 13.0 Å². The van der Waals surface area contributed by atoms with Gasteiger partial charge in [0.1, 0.15) is 5.69 Å². The van der Waals surface area contributed by atoms with Crippen LogP contribution in [0, 0.1) is 5.41 Å². The van der Waals surface area contributed by atoms with E-state index in [1.54, 1.807) is 0 Å². The number of rotatable bonds is 3. The third-order valence-corrected chi connectivity index (χ3v) is 4.48. The molecule has 1 aliphatic heterocycles. The second kappa shape index (κ2) is 3.62. The van der Waals surface area contributed by atoms with Crippen molar-refractivity contribution in [3.05, 3.63) is 23.5 Å². The first-order valence-corrected chi connectivity index (χ1v) is 6.58. The van der Waals surface area contributed by atoms with Gasteiger partial charge in [-0.15, -0.1) is 0 Å². The molecule has 3 rings (SSSR count). The first-order valence-electron chi connectivity index (χ1n) is 6.58. The summed E-state index contributed by atoms with van der Waals surface area (Å²) in [5.74, 6) is 0.170. The molecule has 1 amide bonds. The van der Waals surface area contributed by atoms with E-state index in [1.807, 2.05) is 11.9 Å². The van der Waals surface area contributed by atoms with Gasteiger partial charge >= 0.3 is 0 Å². The fourth-order valence-corrected chi connectivity index (χ4v) is 2.85. The molecule has 3 nitrogen and oxygen atoms in total. The van der Waals surface area contributed by atoms with E-state index in [0.717, 1.165) is 25.2 Å². The third-order valence-electron chi connectivity index (χ3n) is 4.48. The Kier molecular flexibility index (Phi) is 2.32. The summed E-state index contributed by atoms with van der Waals surface area (Å²) in [5.41, 5.74) is 2.79. The minimum Gasteiger partial charge on any atom is -0.341 e. The zero-order chi connectivity index (χ0) is 12.0. The van der Waals surface area contributed by atoms with Crippen molar-refractivity contribution in [2.75, 3.05) is 13.6 Å². The van der Waals surface area contributed by atoms with Crippen LogP contribution in [0.2, 0.25) is 0 Å². The van der Waals surface area contributed by atoms with Crippen LogP contribution in [0.4, 0.5) is 0 Å². The number of aromatic nitrogens is 1. The standard InChI is InChI=1S/C14H20N2O/c1-3-14(4-5-14)9-11-8-12-13(17)15(2)6-7-16(12)10-11/h8,10H,3-7,9H2,1-2H3. The van der Waals surface area contributed by atoms with Gasteiger partial charge in [0.2, 0.25) is 0 Å². The van der Waals surface area contributed by atoms with Crippen molar-refractivity contribution >= 4 is 5.91 Å². The van der Waals surface area contributed by atoms with Crippen molar-refractivity contribution < 1.29 is 4.79 Å². The Morgan fingerprint density at radius 1 is 1.35 bits per heavy atom. The van der Waals surface area contributed by atoms with Crippen molar-refractivity contribution in [3.8, 4) is 0 Å². The topological polar surface area (TPSA) is 25.2 Å². The number of fused-ring (bicyclic) bond motifs is 1. The van der Waals surface area contributed by atoms with E-state index < -0.39 is 0 Å². The minimum absolute atomic E-state index is 0.170. The van der Waals surface area contributed by atoms with E-state index in [0.29, 0.717) is 5.41 Å². The molecule has 1 aromatic heterocycles. The van der Waals surface area contributed by atoms with E-state index in [4.69, 9.17) is 0 Å². The molecule has 1 aromatic rings. The van der Waals surface area contributed by atoms with Crippen LogP contribution in [-0.4, -0.2) is 29.0 Å². The van der Waals surface area contributed by atoms with Gasteiger partial charge < -0.3 is 9.47 Å². The number of likely N-dealkylation sites (N-methyl/N-ethyl adjacent to an activating group) is 1. The number of carbonyl (C=O) groups excluding carboxylic acids is 1. The molecule has 2 aliphatic rings. The van der Waals surface area contributed by atoms with Crippen LogP contribution >= 0.6 is 0 Å². The average Bonchev–Trinajstić information content (AvgIpc) is 2.97. The summed E-state index contributed by atoms with van der Waals surface area (Å²) >= 11 is 0. The van der Waals surface area contributed by atoms with Crippen LogP contribution < -0.4 is 0 Å². The molecule has 0 saturated heterocycles. The predicted molar refractivity (Wildman–Crippen MR) is 67.1 cm³/mol. The molecule has 0 N–H and O–H groups in total. The number of amides is 1. The molecule has 0 atom stereocenters. The Morgan fingerprint density at radius 2 is 2.12 bits per heavy atom. The fraction of sp³-hybridized carbons (Fsp3) is 0.643. The average molecular weight is 232 g/mol. The monoisotopic (exact) mass is 232 g/mol. The largest absolute Gasteiger partial charge is 0.341 e. The number of hydrogen-bond donors (Lipinski definition) is 0. The number of hydrogen-bond acceptors (Lipinski definition) is 1. The van der Waals surface area contributed by atoms with Gasteiger partial charge in [-0.1, -0.05) is 13.3 Å². The molecule has 17 heavy (non-hydrogen) atoms. The van der Waals surface area contributed by atoms with Gasteiger partial charge in [-0.25, -0.2) is 0 Å². The van der Waals surface area contributed by atoms with Gasteiger partial charge in [-0.2, -0.15) is 0 Å². The van der Waals surface area contributed by atoms with Crippen molar-refractivity contribution in [1.29, 1.82) is 0 Å². The Morgan fingerprint density at radius 3 is 2.76 bits per heavy atom. The van der Waals surface area contributed by atoms with E-state index >= 15 is 0 Å². The Balaban J connectivity index is 1.84. The lowest BCUT2D eigenvalue weighted by Gasteiger charge is -2.24. The fourth-order valence-electron chi connectivity index (χ4n) is 2.85. The minimum atomic E-state index is 0.170. The lowest BCUT2D eigenvalue weighted by Crippen LogP contribution is -2.36. The molecule has 0 radical (unpaired) electrons. The van der Waals surface area contributed by atoms with Crippen LogP contribution in [0.15, 0.2) is 12.3 Å². The van der Waals surface area contributed by atoms with Crippen molar-refractivity contribution in [2.45, 2.75) is 39.2 Å². The molecule has 1 aliphatic carbocycles. The van der Waals surface area contributed by atoms with Gasteiger partial charge in [-0.3, -0.25) is 4.79 Å². The van der Waals surface area contributed by atoms with Gasteiger partial charge in [0.25, 0.3) is 5.91 Å². The van der Waals surface area contributed by atoms with Crippen molar-refractivity contribution in [3.63, 3.8) is 0 Å². The summed E-state index contributed by atoms with van der Waals surface area (Å²) in [4.78, 5) is 13.8. The molecule has 92 valence electrons. The quantitative estimate of drug-likeness (QED) is 0.785. The molecular weight excluding hydrogens is 212 g/mol. The summed E-state index contributed by atoms with van der Waals surface area (Å²) in [5, 5.41) is 0. The maximum absolute atomic E-state index is 12.0. The molecule has 1 saturated carbocycles. The van der Waals surface area contributed by atoms with E-state index in [9.17, 15) is 4.79 Å². The van der Waals surface area contributed by atoms with Crippen molar-refractivity contribution in [2.24, 2.45) is 5.41 Å². The van der Waals surface area contributed by atoms with Gasteiger partial charge in [-0.05, 0) is 36.3 Å². The van der Waals surface area contributed by atoms with Crippen LogP contribution in [0.25, 0.3) is 0 Å². The lowest BCUT2D eigenvalue weighted by atomic mass is 9.95. The van der Waals surface area contributed by atoms with Gasteiger partial charge in [0.05, 0.1) is 0 Å². The van der Waals surface area contributed by atoms with Crippen LogP contribution in [0.3, 0.4) is 0 Å². The highest BCUT2D eigenvalue weighted by molar-refractivity contribution is 5.93. The van der Waals surface area contributed by atoms with Gasteiger partial charge in [0.15, 0.2) is 0 Å². The maximum Gasteiger partial charge on any atom is 0.270 e. The summed E-state index contributed by atoms with van der Waals surface area (Å²) in [6.45, 7) is 4.05. The zero-order valence-corrected chi connectivity index (χ0v) is 10.7. The number of carbonyl (C=O) groups is 1. The smallest absolute Gasteiger partial charge is 0.270 e. The SMILES string of the molecule is CCC1(Cc2cc3n(c2)CCN(C)C3=O)CC1. The van der Waals surface area contributed by atoms with Crippen molar-refractivity contribution in [1.82, 2.24) is 9.47 Å². The molecule has 2 heterocycles. The molecule has 3 heteroatoms. The summed E-state index contributed by atoms with van der Waals surface area (Å²) in [6, 6.07) is 2.10. The van der Waals surface area contributed by atoms with E-state index in [1.165, 1.54) is 24.8 Å². The summed E-state index contributed by atoms with van der Waals surface area (Å²) < 4.78 is 2.13. The summed E-state index contributed by atoms with van der Waals surface area (Å²) in [6.07, 6.45) is 7.33. The maximum atomic E-state index is 12.0. The second-order valence-corrected chi connectivity index (χ2v) is 5.68. The Bertz CT molecular complexity index is 457.